The first kappa shape index (κ1) is 14.4. The Morgan fingerprint density at radius 2 is 1.65 bits per heavy atom. The molecule has 3 nitrogen and oxygen atoms in total. The minimum absolute atomic E-state index is 0.0424. The van der Waals surface area contributed by atoms with Gasteiger partial charge in [0.15, 0.2) is 5.78 Å². The zero-order valence-electron chi connectivity index (χ0n) is 11.1. The van der Waals surface area contributed by atoms with Crippen molar-refractivity contribution < 1.29 is 14.3 Å². The lowest BCUT2D eigenvalue weighted by molar-refractivity contribution is 0.101. The first-order valence-corrected chi connectivity index (χ1v) is 6.65. The van der Waals surface area contributed by atoms with E-state index in [1.807, 2.05) is 12.1 Å². The van der Waals surface area contributed by atoms with Gasteiger partial charge in [0.25, 0.3) is 0 Å². The third-order valence-corrected chi connectivity index (χ3v) is 2.91. The van der Waals surface area contributed by atoms with Gasteiger partial charge in [0, 0.05) is 10.6 Å². The van der Waals surface area contributed by atoms with Crippen LogP contribution in [-0.4, -0.2) is 19.0 Å². The van der Waals surface area contributed by atoms with Crippen LogP contribution in [0.2, 0.25) is 5.02 Å². The van der Waals surface area contributed by atoms with Crippen molar-refractivity contribution in [2.75, 3.05) is 13.2 Å². The second-order valence-electron chi connectivity index (χ2n) is 4.23. The summed E-state index contributed by atoms with van der Waals surface area (Å²) in [6, 6.07) is 14.3. The van der Waals surface area contributed by atoms with Gasteiger partial charge in [-0.3, -0.25) is 4.79 Å². The third-order valence-electron chi connectivity index (χ3n) is 2.68. The molecule has 0 saturated heterocycles. The number of benzene rings is 2. The fourth-order valence-corrected chi connectivity index (χ4v) is 1.84. The summed E-state index contributed by atoms with van der Waals surface area (Å²) in [6.45, 7) is 2.38. The highest BCUT2D eigenvalue weighted by Gasteiger charge is 2.00. The van der Waals surface area contributed by atoms with Gasteiger partial charge in [-0.1, -0.05) is 17.7 Å². The Morgan fingerprint density at radius 1 is 1.00 bits per heavy atom. The van der Waals surface area contributed by atoms with E-state index >= 15 is 0 Å². The van der Waals surface area contributed by atoms with E-state index in [9.17, 15) is 4.79 Å². The molecule has 2 aromatic carbocycles. The van der Waals surface area contributed by atoms with Crippen molar-refractivity contribution in [1.29, 1.82) is 0 Å². The van der Waals surface area contributed by atoms with E-state index in [0.717, 1.165) is 0 Å². The van der Waals surface area contributed by atoms with Crippen LogP contribution in [-0.2, 0) is 0 Å². The number of carbonyl (C=O) groups excluding carboxylic acids is 1. The molecule has 0 aromatic heterocycles. The molecule has 0 radical (unpaired) electrons. The number of Topliss-reactive ketones (excluding diaryl/α,β-unsaturated/α-hetero) is 1. The highest BCUT2D eigenvalue weighted by molar-refractivity contribution is 6.30. The smallest absolute Gasteiger partial charge is 0.159 e. The Hall–Kier alpha value is -2.00. The van der Waals surface area contributed by atoms with Crippen LogP contribution in [0.15, 0.2) is 48.5 Å². The highest BCUT2D eigenvalue weighted by Crippen LogP contribution is 2.17. The minimum atomic E-state index is 0.0424. The molecule has 0 aliphatic carbocycles. The van der Waals surface area contributed by atoms with Crippen LogP contribution in [0.3, 0.4) is 0 Å². The quantitative estimate of drug-likeness (QED) is 0.596. The van der Waals surface area contributed by atoms with Crippen molar-refractivity contribution in [2.45, 2.75) is 6.92 Å². The Balaban J connectivity index is 1.77. The Labute approximate surface area is 123 Å². The lowest BCUT2D eigenvalue weighted by Gasteiger charge is -2.08. The van der Waals surface area contributed by atoms with Crippen LogP contribution in [0.25, 0.3) is 0 Å². The number of ether oxygens (including phenoxy) is 2. The summed E-state index contributed by atoms with van der Waals surface area (Å²) in [5, 5.41) is 0.642. The number of ketones is 1. The number of rotatable bonds is 6. The van der Waals surface area contributed by atoms with Gasteiger partial charge in [-0.05, 0) is 49.4 Å². The van der Waals surface area contributed by atoms with E-state index < -0.39 is 0 Å². The van der Waals surface area contributed by atoms with Gasteiger partial charge in [-0.2, -0.15) is 0 Å². The van der Waals surface area contributed by atoms with Crippen molar-refractivity contribution in [1.82, 2.24) is 0 Å². The molecule has 0 atom stereocenters. The van der Waals surface area contributed by atoms with Gasteiger partial charge >= 0.3 is 0 Å². The topological polar surface area (TPSA) is 35.5 Å². The Bertz CT molecular complexity index is 579. The average Bonchev–Trinajstić information content (AvgIpc) is 2.44. The summed E-state index contributed by atoms with van der Waals surface area (Å²) in [5.41, 5.74) is 0.674. The minimum Gasteiger partial charge on any atom is -0.490 e. The normalized spacial score (nSPS) is 10.1. The molecule has 2 rings (SSSR count). The summed E-state index contributed by atoms with van der Waals surface area (Å²) < 4.78 is 11.0. The van der Waals surface area contributed by atoms with Gasteiger partial charge < -0.3 is 9.47 Å². The second-order valence-corrected chi connectivity index (χ2v) is 4.67. The molecule has 0 aliphatic heterocycles. The molecular formula is C16H15ClO3. The molecule has 0 amide bonds. The second kappa shape index (κ2) is 6.96. The van der Waals surface area contributed by atoms with Gasteiger partial charge in [-0.15, -0.1) is 0 Å². The first-order chi connectivity index (χ1) is 9.65. The molecule has 0 spiro atoms. The van der Waals surface area contributed by atoms with Gasteiger partial charge in [0.05, 0.1) is 0 Å². The van der Waals surface area contributed by atoms with Crippen LogP contribution in [0.4, 0.5) is 0 Å². The van der Waals surface area contributed by atoms with Crippen molar-refractivity contribution in [3.63, 3.8) is 0 Å². The van der Waals surface area contributed by atoms with E-state index in [0.29, 0.717) is 35.3 Å². The van der Waals surface area contributed by atoms with Gasteiger partial charge in [0.1, 0.15) is 24.7 Å². The van der Waals surface area contributed by atoms with Crippen LogP contribution >= 0.6 is 11.6 Å². The van der Waals surface area contributed by atoms with Crippen molar-refractivity contribution >= 4 is 17.4 Å². The summed E-state index contributed by atoms with van der Waals surface area (Å²) in [5.74, 6) is 1.47. The standard InChI is InChI=1S/C16H15ClO3/c1-12(18)13-5-7-15(8-6-13)19-9-10-20-16-4-2-3-14(17)11-16/h2-8,11H,9-10H2,1H3. The van der Waals surface area contributed by atoms with Crippen LogP contribution < -0.4 is 9.47 Å². The lowest BCUT2D eigenvalue weighted by atomic mass is 10.1. The zero-order valence-corrected chi connectivity index (χ0v) is 11.9. The molecule has 104 valence electrons. The van der Waals surface area contributed by atoms with Crippen molar-refractivity contribution in [2.24, 2.45) is 0 Å². The number of carbonyl (C=O) groups is 1. The maximum Gasteiger partial charge on any atom is 0.159 e. The van der Waals surface area contributed by atoms with Gasteiger partial charge in [-0.25, -0.2) is 0 Å². The highest BCUT2D eigenvalue weighted by atomic mass is 35.5. The Morgan fingerprint density at radius 3 is 2.25 bits per heavy atom. The molecule has 0 heterocycles. The number of halogens is 1. The Kier molecular flexibility index (Phi) is 5.02. The average molecular weight is 291 g/mol. The molecule has 2 aromatic rings. The maximum absolute atomic E-state index is 11.1. The predicted octanol–water partition coefficient (Wildman–Crippen LogP) is 4.00. The summed E-state index contributed by atoms with van der Waals surface area (Å²) >= 11 is 5.86. The molecule has 0 fully saturated rings. The number of hydrogen-bond acceptors (Lipinski definition) is 3. The molecule has 0 N–H and O–H groups in total. The summed E-state index contributed by atoms with van der Waals surface area (Å²) in [7, 11) is 0. The monoisotopic (exact) mass is 290 g/mol. The molecule has 4 heteroatoms. The summed E-state index contributed by atoms with van der Waals surface area (Å²) in [6.07, 6.45) is 0. The maximum atomic E-state index is 11.1. The first-order valence-electron chi connectivity index (χ1n) is 6.27. The molecule has 0 aliphatic rings. The molecular weight excluding hydrogens is 276 g/mol. The van der Waals surface area contributed by atoms with Crippen LogP contribution in [0.5, 0.6) is 11.5 Å². The number of hydrogen-bond donors (Lipinski definition) is 0. The zero-order chi connectivity index (χ0) is 14.4. The van der Waals surface area contributed by atoms with E-state index in [1.165, 1.54) is 6.92 Å². The van der Waals surface area contributed by atoms with E-state index in [2.05, 4.69) is 0 Å². The molecule has 0 bridgehead atoms. The third kappa shape index (κ3) is 4.28. The van der Waals surface area contributed by atoms with E-state index in [-0.39, 0.29) is 5.78 Å². The van der Waals surface area contributed by atoms with Crippen molar-refractivity contribution in [3.8, 4) is 11.5 Å². The molecule has 20 heavy (non-hydrogen) atoms. The van der Waals surface area contributed by atoms with E-state index in [4.69, 9.17) is 21.1 Å². The predicted molar refractivity (Wildman–Crippen MR) is 78.9 cm³/mol. The molecule has 0 saturated carbocycles. The SMILES string of the molecule is CC(=O)c1ccc(OCCOc2cccc(Cl)c2)cc1. The van der Waals surface area contributed by atoms with Crippen LogP contribution in [0.1, 0.15) is 17.3 Å². The van der Waals surface area contributed by atoms with E-state index in [1.54, 1.807) is 36.4 Å². The lowest BCUT2D eigenvalue weighted by Crippen LogP contribution is -2.09. The summed E-state index contributed by atoms with van der Waals surface area (Å²) in [4.78, 5) is 11.1. The fourth-order valence-electron chi connectivity index (χ4n) is 1.66. The fraction of sp³-hybridized carbons (Fsp3) is 0.188. The van der Waals surface area contributed by atoms with Gasteiger partial charge in [0.2, 0.25) is 0 Å². The molecule has 0 unspecified atom stereocenters. The van der Waals surface area contributed by atoms with Crippen LogP contribution in [0, 0.1) is 0 Å². The van der Waals surface area contributed by atoms with Crippen molar-refractivity contribution in [3.05, 3.63) is 59.1 Å². The largest absolute Gasteiger partial charge is 0.490 e.